The summed E-state index contributed by atoms with van der Waals surface area (Å²) in [5, 5.41) is 17.1. The predicted octanol–water partition coefficient (Wildman–Crippen LogP) is 4.51. The summed E-state index contributed by atoms with van der Waals surface area (Å²) in [6.07, 6.45) is 7.46. The minimum absolute atomic E-state index is 0. The molecule has 0 amide bonds. The number of aliphatic carboxylic acids is 2. The zero-order valence-corrected chi connectivity index (χ0v) is 18.9. The SMILES string of the molecule is O=C(O)CCCCCCOc1cccc(OCCCCCCC(=O)O)c1.[Ag].[Ag]. The third kappa shape index (κ3) is 17.3. The molecule has 0 saturated heterocycles. The summed E-state index contributed by atoms with van der Waals surface area (Å²) >= 11 is 0. The summed E-state index contributed by atoms with van der Waals surface area (Å²) in [4.78, 5) is 20.8. The summed E-state index contributed by atoms with van der Waals surface area (Å²) in [6, 6.07) is 7.55. The van der Waals surface area contributed by atoms with Crippen LogP contribution >= 0.6 is 0 Å². The molecule has 8 heteroatoms. The van der Waals surface area contributed by atoms with Crippen LogP contribution in [0, 0.1) is 0 Å². The quantitative estimate of drug-likeness (QED) is 0.220. The summed E-state index contributed by atoms with van der Waals surface area (Å²) in [5.74, 6) is 0.0700. The van der Waals surface area contributed by atoms with Crippen LogP contribution in [-0.4, -0.2) is 35.4 Å². The van der Waals surface area contributed by atoms with Crippen molar-refractivity contribution in [2.75, 3.05) is 13.2 Å². The van der Waals surface area contributed by atoms with Crippen molar-refractivity contribution >= 4 is 11.9 Å². The molecule has 0 spiro atoms. The number of carboxylic acids is 2. The van der Waals surface area contributed by atoms with Gasteiger partial charge in [0.2, 0.25) is 0 Å². The molecule has 1 rings (SSSR count). The van der Waals surface area contributed by atoms with Crippen molar-refractivity contribution in [1.82, 2.24) is 0 Å². The molecule has 1 aromatic carbocycles. The molecular formula is C20H30Ag2O6. The van der Waals surface area contributed by atoms with Gasteiger partial charge in [-0.2, -0.15) is 0 Å². The van der Waals surface area contributed by atoms with Crippen molar-refractivity contribution < 1.29 is 74.0 Å². The number of unbranched alkanes of at least 4 members (excludes halogenated alkanes) is 6. The van der Waals surface area contributed by atoms with Gasteiger partial charge in [0.25, 0.3) is 0 Å². The van der Waals surface area contributed by atoms with E-state index in [9.17, 15) is 9.59 Å². The molecule has 0 unspecified atom stereocenters. The molecule has 1 aromatic rings. The van der Waals surface area contributed by atoms with Crippen LogP contribution in [0.1, 0.15) is 64.2 Å². The normalized spacial score (nSPS) is 9.71. The van der Waals surface area contributed by atoms with Crippen molar-refractivity contribution in [3.05, 3.63) is 24.3 Å². The number of carboxylic acid groups (broad SMARTS) is 2. The Morgan fingerprint density at radius 2 is 1.07 bits per heavy atom. The zero-order valence-electron chi connectivity index (χ0n) is 15.9. The molecule has 0 aliphatic rings. The van der Waals surface area contributed by atoms with E-state index >= 15 is 0 Å². The van der Waals surface area contributed by atoms with E-state index in [2.05, 4.69) is 0 Å². The van der Waals surface area contributed by atoms with Crippen molar-refractivity contribution in [1.29, 1.82) is 0 Å². The van der Waals surface area contributed by atoms with E-state index in [1.165, 1.54) is 0 Å². The van der Waals surface area contributed by atoms with E-state index in [0.29, 0.717) is 13.2 Å². The van der Waals surface area contributed by atoms with Gasteiger partial charge < -0.3 is 19.7 Å². The Morgan fingerprint density at radius 3 is 1.46 bits per heavy atom. The number of hydrogen-bond acceptors (Lipinski definition) is 4. The third-order valence-electron chi connectivity index (χ3n) is 3.91. The molecule has 28 heavy (non-hydrogen) atoms. The van der Waals surface area contributed by atoms with E-state index in [-0.39, 0.29) is 57.6 Å². The number of carbonyl (C=O) groups is 2. The fourth-order valence-electron chi connectivity index (χ4n) is 2.50. The number of ether oxygens (including phenoxy) is 2. The predicted molar refractivity (Wildman–Crippen MR) is 98.9 cm³/mol. The maximum atomic E-state index is 10.4. The van der Waals surface area contributed by atoms with Gasteiger partial charge in [-0.3, -0.25) is 9.59 Å². The fourth-order valence-corrected chi connectivity index (χ4v) is 2.50. The average molecular weight is 582 g/mol. The van der Waals surface area contributed by atoms with E-state index in [1.54, 1.807) is 0 Å². The molecular weight excluding hydrogens is 552 g/mol. The molecule has 0 heterocycles. The van der Waals surface area contributed by atoms with Crippen LogP contribution in [0.4, 0.5) is 0 Å². The smallest absolute Gasteiger partial charge is 0.303 e. The molecule has 168 valence electrons. The van der Waals surface area contributed by atoms with Crippen LogP contribution in [0.25, 0.3) is 0 Å². The van der Waals surface area contributed by atoms with Crippen molar-refractivity contribution in [2.45, 2.75) is 64.2 Å². The molecule has 2 radical (unpaired) electrons. The second-order valence-corrected chi connectivity index (χ2v) is 6.29. The van der Waals surface area contributed by atoms with Gasteiger partial charge in [-0.05, 0) is 37.8 Å². The van der Waals surface area contributed by atoms with E-state index < -0.39 is 11.9 Å². The van der Waals surface area contributed by atoms with Gasteiger partial charge in [0.15, 0.2) is 0 Å². The molecule has 0 saturated carbocycles. The summed E-state index contributed by atoms with van der Waals surface area (Å²) in [5.41, 5.74) is 0. The van der Waals surface area contributed by atoms with Gasteiger partial charge >= 0.3 is 11.9 Å². The van der Waals surface area contributed by atoms with Gasteiger partial charge in [0.05, 0.1) is 13.2 Å². The Bertz CT molecular complexity index is 496. The van der Waals surface area contributed by atoms with Gasteiger partial charge in [-0.25, -0.2) is 0 Å². The monoisotopic (exact) mass is 580 g/mol. The second kappa shape index (κ2) is 19.6. The Hall–Kier alpha value is -0.759. The Kier molecular flexibility index (Phi) is 20.6. The van der Waals surface area contributed by atoms with Gasteiger partial charge in [0.1, 0.15) is 11.5 Å². The van der Waals surface area contributed by atoms with Crippen molar-refractivity contribution in [2.24, 2.45) is 0 Å². The Balaban J connectivity index is 0. The minimum Gasteiger partial charge on any atom is -0.493 e. The first-order valence-electron chi connectivity index (χ1n) is 9.37. The molecule has 6 nitrogen and oxygen atoms in total. The van der Waals surface area contributed by atoms with Crippen molar-refractivity contribution in [3.8, 4) is 11.5 Å². The molecule has 0 fully saturated rings. The largest absolute Gasteiger partial charge is 0.493 e. The first-order valence-corrected chi connectivity index (χ1v) is 9.37. The first-order chi connectivity index (χ1) is 12.6. The third-order valence-corrected chi connectivity index (χ3v) is 3.91. The van der Waals surface area contributed by atoms with E-state index in [4.69, 9.17) is 19.7 Å². The summed E-state index contributed by atoms with van der Waals surface area (Å²) in [6.45, 7) is 1.22. The maximum Gasteiger partial charge on any atom is 0.303 e. The van der Waals surface area contributed by atoms with Crippen LogP contribution in [0.2, 0.25) is 0 Å². The van der Waals surface area contributed by atoms with Gasteiger partial charge in [-0.15, -0.1) is 0 Å². The van der Waals surface area contributed by atoms with Crippen molar-refractivity contribution in [3.63, 3.8) is 0 Å². The summed E-state index contributed by atoms with van der Waals surface area (Å²) in [7, 11) is 0. The van der Waals surface area contributed by atoms with E-state index in [0.717, 1.165) is 62.9 Å². The zero-order chi connectivity index (χ0) is 19.0. The standard InChI is InChI=1S/C20H30O6.2Ag/c21-19(22)12-5-1-3-7-14-25-17-10-9-11-18(16-17)26-15-8-4-2-6-13-20(23)24;;/h9-11,16H,1-8,12-15H2,(H,21,22)(H,23,24);;. The van der Waals surface area contributed by atoms with Crippen LogP contribution in [0.5, 0.6) is 11.5 Å². The fraction of sp³-hybridized carbons (Fsp3) is 0.600. The number of hydrogen-bond donors (Lipinski definition) is 2. The first kappa shape index (κ1) is 29.4. The Morgan fingerprint density at radius 1 is 0.679 bits per heavy atom. The maximum absolute atomic E-state index is 10.4. The second-order valence-electron chi connectivity index (χ2n) is 6.29. The molecule has 0 aromatic heterocycles. The minimum atomic E-state index is -0.738. The Labute approximate surface area is 198 Å². The van der Waals surface area contributed by atoms with Gasteiger partial charge in [0, 0.05) is 63.7 Å². The molecule has 2 N–H and O–H groups in total. The van der Waals surface area contributed by atoms with Crippen LogP contribution < -0.4 is 9.47 Å². The average Bonchev–Trinajstić information content (AvgIpc) is 2.60. The molecule has 0 aliphatic carbocycles. The van der Waals surface area contributed by atoms with Gasteiger partial charge in [-0.1, -0.05) is 31.7 Å². The topological polar surface area (TPSA) is 93.1 Å². The number of benzene rings is 1. The van der Waals surface area contributed by atoms with E-state index in [1.807, 2.05) is 24.3 Å². The summed E-state index contributed by atoms with van der Waals surface area (Å²) < 4.78 is 11.4. The van der Waals surface area contributed by atoms with Crippen LogP contribution in [0.15, 0.2) is 24.3 Å². The molecule has 0 bridgehead atoms. The molecule has 0 aliphatic heterocycles. The number of rotatable bonds is 16. The van der Waals surface area contributed by atoms with Crippen LogP contribution in [-0.2, 0) is 54.3 Å². The van der Waals surface area contributed by atoms with Crippen LogP contribution in [0.3, 0.4) is 0 Å². The molecule has 0 atom stereocenters.